The lowest BCUT2D eigenvalue weighted by Gasteiger charge is -2.29. The van der Waals surface area contributed by atoms with Gasteiger partial charge in [0.2, 0.25) is 0 Å². The topological polar surface area (TPSA) is 137 Å². The van der Waals surface area contributed by atoms with E-state index < -0.39 is 29.4 Å². The van der Waals surface area contributed by atoms with Crippen molar-refractivity contribution in [3.63, 3.8) is 0 Å². The Bertz CT molecular complexity index is 766. The van der Waals surface area contributed by atoms with E-state index >= 15 is 0 Å². The molecule has 1 aliphatic rings. The van der Waals surface area contributed by atoms with E-state index in [2.05, 4.69) is 10.6 Å². The molecule has 28 heavy (non-hydrogen) atoms. The van der Waals surface area contributed by atoms with Gasteiger partial charge in [-0.1, -0.05) is 19.8 Å². The molecule has 1 aromatic rings. The van der Waals surface area contributed by atoms with Gasteiger partial charge in [-0.3, -0.25) is 20.2 Å². The molecule has 152 valence electrons. The molecule has 0 aromatic heterocycles. The van der Waals surface area contributed by atoms with Crippen molar-refractivity contribution < 1.29 is 28.8 Å². The number of carbonyl (C=O) groups excluding carboxylic acids is 3. The second kappa shape index (κ2) is 9.67. The number of non-ortho nitro benzene ring substituents is 1. The number of hydrogen-bond acceptors (Lipinski definition) is 7. The molecule has 0 heterocycles. The Morgan fingerprint density at radius 2 is 1.96 bits per heavy atom. The second-order valence-electron chi connectivity index (χ2n) is 6.61. The van der Waals surface area contributed by atoms with Crippen LogP contribution < -0.4 is 15.4 Å². The van der Waals surface area contributed by atoms with E-state index in [1.54, 1.807) is 0 Å². The van der Waals surface area contributed by atoms with Crippen LogP contribution >= 0.6 is 0 Å². The molecule has 0 radical (unpaired) electrons. The third kappa shape index (κ3) is 5.66. The third-order valence-electron chi connectivity index (χ3n) is 4.63. The number of benzene rings is 1. The van der Waals surface area contributed by atoms with Crippen LogP contribution in [-0.4, -0.2) is 42.6 Å². The summed E-state index contributed by atoms with van der Waals surface area (Å²) >= 11 is 0. The first-order chi connectivity index (χ1) is 13.3. The molecule has 1 fully saturated rings. The average molecular weight is 393 g/mol. The zero-order chi connectivity index (χ0) is 20.7. The molecule has 0 unspecified atom stereocenters. The van der Waals surface area contributed by atoms with Gasteiger partial charge in [0.05, 0.1) is 12.0 Å². The number of urea groups is 1. The lowest BCUT2D eigenvalue weighted by molar-refractivity contribution is -0.384. The molecule has 1 aliphatic carbocycles. The monoisotopic (exact) mass is 393 g/mol. The number of carbonyl (C=O) groups is 3. The second-order valence-corrected chi connectivity index (χ2v) is 6.61. The van der Waals surface area contributed by atoms with Crippen LogP contribution in [0.5, 0.6) is 5.75 Å². The van der Waals surface area contributed by atoms with Crippen LogP contribution in [0.1, 0.15) is 43.0 Å². The van der Waals surface area contributed by atoms with Gasteiger partial charge in [-0.25, -0.2) is 9.59 Å². The van der Waals surface area contributed by atoms with Crippen molar-refractivity contribution in [2.75, 3.05) is 13.7 Å². The van der Waals surface area contributed by atoms with Crippen LogP contribution in [0.2, 0.25) is 0 Å². The Labute approximate surface area is 161 Å². The molecular formula is C18H23N3O7. The quantitative estimate of drug-likeness (QED) is 0.429. The van der Waals surface area contributed by atoms with Gasteiger partial charge in [0.15, 0.2) is 6.61 Å². The van der Waals surface area contributed by atoms with Gasteiger partial charge in [-0.2, -0.15) is 0 Å². The Balaban J connectivity index is 1.88. The smallest absolute Gasteiger partial charge is 0.342 e. The fourth-order valence-electron chi connectivity index (χ4n) is 3.08. The summed E-state index contributed by atoms with van der Waals surface area (Å²) in [5, 5.41) is 15.7. The summed E-state index contributed by atoms with van der Waals surface area (Å²) in [6, 6.07) is 2.79. The highest BCUT2D eigenvalue weighted by Gasteiger charge is 2.24. The molecule has 0 bridgehead atoms. The summed E-state index contributed by atoms with van der Waals surface area (Å²) in [5.74, 6) is -1.38. The summed E-state index contributed by atoms with van der Waals surface area (Å²) in [6.45, 7) is 1.33. The minimum Gasteiger partial charge on any atom is -0.496 e. The summed E-state index contributed by atoms with van der Waals surface area (Å²) in [7, 11) is 1.29. The fraction of sp³-hybridized carbons (Fsp3) is 0.500. The molecule has 2 rings (SSSR count). The van der Waals surface area contributed by atoms with Crippen LogP contribution in [0.4, 0.5) is 10.5 Å². The molecule has 2 atom stereocenters. The van der Waals surface area contributed by atoms with Crippen LogP contribution in [0.25, 0.3) is 0 Å². The average Bonchev–Trinajstić information content (AvgIpc) is 2.67. The first-order valence-electron chi connectivity index (χ1n) is 8.91. The molecule has 0 saturated heterocycles. The van der Waals surface area contributed by atoms with Gasteiger partial charge in [0.1, 0.15) is 11.3 Å². The summed E-state index contributed by atoms with van der Waals surface area (Å²) < 4.78 is 9.82. The van der Waals surface area contributed by atoms with Crippen molar-refractivity contribution >= 4 is 23.6 Å². The van der Waals surface area contributed by atoms with Crippen LogP contribution in [0, 0.1) is 16.0 Å². The Kier molecular flexibility index (Phi) is 7.30. The number of rotatable bonds is 6. The highest BCUT2D eigenvalue weighted by atomic mass is 16.6. The predicted molar refractivity (Wildman–Crippen MR) is 98.0 cm³/mol. The van der Waals surface area contributed by atoms with Crippen molar-refractivity contribution in [2.45, 2.75) is 38.6 Å². The molecule has 1 saturated carbocycles. The highest BCUT2D eigenvalue weighted by molar-refractivity contribution is 5.98. The number of hydrogen-bond donors (Lipinski definition) is 2. The number of imide groups is 1. The molecule has 10 nitrogen and oxygen atoms in total. The molecular weight excluding hydrogens is 370 g/mol. The summed E-state index contributed by atoms with van der Waals surface area (Å²) in [4.78, 5) is 46.1. The van der Waals surface area contributed by atoms with Crippen LogP contribution in [0.3, 0.4) is 0 Å². The zero-order valence-electron chi connectivity index (χ0n) is 15.7. The molecule has 2 N–H and O–H groups in total. The van der Waals surface area contributed by atoms with E-state index in [9.17, 15) is 24.5 Å². The number of nitro benzene ring substituents is 1. The molecule has 0 aliphatic heterocycles. The number of amides is 3. The largest absolute Gasteiger partial charge is 0.496 e. The molecule has 1 aromatic carbocycles. The van der Waals surface area contributed by atoms with Crippen molar-refractivity contribution in [2.24, 2.45) is 5.92 Å². The maximum atomic E-state index is 12.1. The molecule has 3 amide bonds. The van der Waals surface area contributed by atoms with E-state index in [4.69, 9.17) is 9.47 Å². The first kappa shape index (κ1) is 21.1. The van der Waals surface area contributed by atoms with Crippen molar-refractivity contribution in [1.29, 1.82) is 0 Å². The Morgan fingerprint density at radius 1 is 1.25 bits per heavy atom. The first-order valence-corrected chi connectivity index (χ1v) is 8.91. The fourth-order valence-corrected chi connectivity index (χ4v) is 3.08. The molecule has 0 spiro atoms. The normalized spacial score (nSPS) is 18.6. The predicted octanol–water partition coefficient (Wildman–Crippen LogP) is 2.16. The highest BCUT2D eigenvalue weighted by Crippen LogP contribution is 2.25. The van der Waals surface area contributed by atoms with Gasteiger partial charge >= 0.3 is 12.0 Å². The summed E-state index contributed by atoms with van der Waals surface area (Å²) in [5.41, 5.74) is -0.511. The van der Waals surface area contributed by atoms with Crippen molar-refractivity contribution in [3.05, 3.63) is 33.9 Å². The van der Waals surface area contributed by atoms with E-state index in [-0.39, 0.29) is 23.0 Å². The van der Waals surface area contributed by atoms with Gasteiger partial charge in [-0.05, 0) is 24.8 Å². The van der Waals surface area contributed by atoms with Crippen LogP contribution in [0.15, 0.2) is 18.2 Å². The lowest BCUT2D eigenvalue weighted by Crippen LogP contribution is -2.48. The third-order valence-corrected chi connectivity index (χ3v) is 4.63. The number of methoxy groups -OCH3 is 1. The minimum absolute atomic E-state index is 0.00164. The Hall–Kier alpha value is -3.17. The van der Waals surface area contributed by atoms with E-state index in [1.165, 1.54) is 19.2 Å². The SMILES string of the molecule is COc1ccc([N+](=O)[O-])cc1C(=O)OCC(=O)NC(=O)N[C@@H]1CCCC[C@@H]1C. The van der Waals surface area contributed by atoms with Crippen molar-refractivity contribution in [1.82, 2.24) is 10.6 Å². The van der Waals surface area contributed by atoms with Crippen molar-refractivity contribution in [3.8, 4) is 5.75 Å². The van der Waals surface area contributed by atoms with E-state index in [1.807, 2.05) is 6.92 Å². The van der Waals surface area contributed by atoms with E-state index in [0.717, 1.165) is 31.7 Å². The summed E-state index contributed by atoms with van der Waals surface area (Å²) in [6.07, 6.45) is 4.01. The Morgan fingerprint density at radius 3 is 2.61 bits per heavy atom. The van der Waals surface area contributed by atoms with Gasteiger partial charge in [0.25, 0.3) is 11.6 Å². The number of nitrogens with zero attached hydrogens (tertiary/aromatic N) is 1. The number of nitrogens with one attached hydrogen (secondary N) is 2. The number of nitro groups is 1. The minimum atomic E-state index is -0.975. The van der Waals surface area contributed by atoms with Crippen LogP contribution in [-0.2, 0) is 9.53 Å². The molecule has 10 heteroatoms. The zero-order valence-corrected chi connectivity index (χ0v) is 15.7. The van der Waals surface area contributed by atoms with E-state index in [0.29, 0.717) is 5.92 Å². The van der Waals surface area contributed by atoms with Gasteiger partial charge in [0, 0.05) is 18.2 Å². The van der Waals surface area contributed by atoms with Gasteiger partial charge in [-0.15, -0.1) is 0 Å². The maximum absolute atomic E-state index is 12.1. The standard InChI is InChI=1S/C18H23N3O7/c1-11-5-3-4-6-14(11)19-18(24)20-16(22)10-28-17(23)13-9-12(21(25)26)7-8-15(13)27-2/h7-9,11,14H,3-6,10H2,1-2H3,(H2,19,20,22,24)/t11-,14+/m0/s1. The van der Waals surface area contributed by atoms with Gasteiger partial charge < -0.3 is 14.8 Å². The number of esters is 1. The maximum Gasteiger partial charge on any atom is 0.342 e. The number of ether oxygens (including phenoxy) is 2. The lowest BCUT2D eigenvalue weighted by atomic mass is 9.86.